The van der Waals surface area contributed by atoms with Crippen LogP contribution in [0.4, 0.5) is 0 Å². The van der Waals surface area contributed by atoms with E-state index in [4.69, 9.17) is 11.6 Å². The first-order valence-electron chi connectivity index (χ1n) is 6.84. The molecule has 116 valence electrons. The Bertz CT molecular complexity index is 955. The second-order valence-corrected chi connectivity index (χ2v) is 5.33. The number of hydrogen-bond donors (Lipinski definition) is 2. The fraction of sp³-hybridized carbons (Fsp3) is 0.0625. The smallest absolute Gasteiger partial charge is 0.280 e. The van der Waals surface area contributed by atoms with E-state index in [-0.39, 0.29) is 5.56 Å². The van der Waals surface area contributed by atoms with Gasteiger partial charge in [-0.15, -0.1) is 0 Å². The lowest BCUT2D eigenvalue weighted by molar-refractivity contribution is -0.108. The van der Waals surface area contributed by atoms with Crippen molar-refractivity contribution in [1.82, 2.24) is 20.1 Å². The Morgan fingerprint density at radius 1 is 1.30 bits per heavy atom. The highest BCUT2D eigenvalue weighted by atomic mass is 35.5. The molecule has 3 aromatic rings. The summed E-state index contributed by atoms with van der Waals surface area (Å²) >= 11 is 5.88. The van der Waals surface area contributed by atoms with Crippen LogP contribution >= 0.6 is 11.6 Å². The van der Waals surface area contributed by atoms with Crippen LogP contribution < -0.4 is 10.9 Å². The van der Waals surface area contributed by atoms with E-state index in [2.05, 4.69) is 15.4 Å². The summed E-state index contributed by atoms with van der Waals surface area (Å²) in [4.78, 5) is 27.2. The second-order valence-electron chi connectivity index (χ2n) is 4.89. The van der Waals surface area contributed by atoms with Crippen molar-refractivity contribution in [3.63, 3.8) is 0 Å². The molecule has 1 aromatic carbocycles. The van der Waals surface area contributed by atoms with Crippen LogP contribution in [0.25, 0.3) is 22.7 Å². The van der Waals surface area contributed by atoms with E-state index in [1.165, 1.54) is 10.9 Å². The number of aromatic amines is 1. The predicted octanol–water partition coefficient (Wildman–Crippen LogP) is 2.39. The van der Waals surface area contributed by atoms with Gasteiger partial charge >= 0.3 is 0 Å². The molecule has 2 aromatic heterocycles. The van der Waals surface area contributed by atoms with Gasteiger partial charge in [0.05, 0.1) is 16.6 Å². The zero-order chi connectivity index (χ0) is 16.4. The number of fused-ring (bicyclic) bond motifs is 1. The van der Waals surface area contributed by atoms with E-state index in [9.17, 15) is 9.59 Å². The number of rotatable bonds is 4. The van der Waals surface area contributed by atoms with E-state index in [0.29, 0.717) is 28.0 Å². The summed E-state index contributed by atoms with van der Waals surface area (Å²) in [5, 5.41) is 6.60. The molecule has 0 aliphatic heterocycles. The van der Waals surface area contributed by atoms with E-state index in [1.807, 2.05) is 6.92 Å². The third kappa shape index (κ3) is 2.76. The lowest BCUT2D eigenvalue weighted by Crippen LogP contribution is -2.14. The maximum absolute atomic E-state index is 12.6. The Hall–Kier alpha value is -2.86. The molecule has 3 rings (SSSR count). The normalized spacial score (nSPS) is 11.2. The summed E-state index contributed by atoms with van der Waals surface area (Å²) in [7, 11) is 0. The first kappa shape index (κ1) is 15.1. The Kier molecular flexibility index (Phi) is 3.99. The number of amides is 1. The summed E-state index contributed by atoms with van der Waals surface area (Å²) in [5.74, 6) is 0. The van der Waals surface area contributed by atoms with Crippen LogP contribution in [0.5, 0.6) is 0 Å². The highest BCUT2D eigenvalue weighted by Gasteiger charge is 2.13. The van der Waals surface area contributed by atoms with Gasteiger partial charge in [-0.05, 0) is 37.3 Å². The standard InChI is InChI=1S/C16H13ClN4O2/c1-10-13(6-7-18-9-22)15-14(8-19-10)16(23)21(20-15)12-4-2-11(17)3-5-12/h2-9,20H,1H3,(H,18,22). The van der Waals surface area contributed by atoms with Gasteiger partial charge in [-0.1, -0.05) is 11.6 Å². The van der Waals surface area contributed by atoms with E-state index >= 15 is 0 Å². The molecule has 0 fully saturated rings. The molecule has 2 heterocycles. The van der Waals surface area contributed by atoms with Gasteiger partial charge < -0.3 is 5.32 Å². The number of pyridine rings is 1. The largest absolute Gasteiger partial charge is 0.335 e. The van der Waals surface area contributed by atoms with Gasteiger partial charge in [-0.2, -0.15) is 0 Å². The second kappa shape index (κ2) is 6.10. The van der Waals surface area contributed by atoms with E-state index < -0.39 is 0 Å². The average Bonchev–Trinajstić information content (AvgIpc) is 2.88. The number of carbonyl (C=O) groups excluding carboxylic acids is 1. The van der Waals surface area contributed by atoms with E-state index in [1.54, 1.807) is 36.5 Å². The molecule has 0 aliphatic rings. The van der Waals surface area contributed by atoms with Gasteiger partial charge in [-0.3, -0.25) is 19.7 Å². The zero-order valence-corrected chi connectivity index (χ0v) is 13.0. The van der Waals surface area contributed by atoms with Crippen LogP contribution in [0.3, 0.4) is 0 Å². The Balaban J connectivity index is 2.21. The van der Waals surface area contributed by atoms with Gasteiger partial charge in [0.15, 0.2) is 0 Å². The van der Waals surface area contributed by atoms with Crippen molar-refractivity contribution < 1.29 is 4.79 Å². The maximum Gasteiger partial charge on any atom is 0.280 e. The summed E-state index contributed by atoms with van der Waals surface area (Å²) in [6, 6.07) is 6.94. The van der Waals surface area contributed by atoms with Crippen molar-refractivity contribution in [3.8, 4) is 5.69 Å². The number of halogens is 1. The Morgan fingerprint density at radius 3 is 2.74 bits per heavy atom. The minimum absolute atomic E-state index is 0.201. The Morgan fingerprint density at radius 2 is 2.04 bits per heavy atom. The first-order valence-corrected chi connectivity index (χ1v) is 7.22. The average molecular weight is 329 g/mol. The first-order chi connectivity index (χ1) is 11.1. The molecule has 0 radical (unpaired) electrons. The summed E-state index contributed by atoms with van der Waals surface area (Å²) < 4.78 is 1.44. The highest BCUT2D eigenvalue weighted by molar-refractivity contribution is 6.30. The monoisotopic (exact) mass is 328 g/mol. The van der Waals surface area contributed by atoms with Crippen LogP contribution in [0.1, 0.15) is 11.3 Å². The van der Waals surface area contributed by atoms with Gasteiger partial charge in [-0.25, -0.2) is 4.68 Å². The Labute approximate surface area is 136 Å². The summed E-state index contributed by atoms with van der Waals surface area (Å²) in [6.45, 7) is 1.83. The van der Waals surface area contributed by atoms with E-state index in [0.717, 1.165) is 11.3 Å². The number of nitrogens with zero attached hydrogens (tertiary/aromatic N) is 2. The van der Waals surface area contributed by atoms with Crippen LogP contribution in [-0.2, 0) is 4.79 Å². The lowest BCUT2D eigenvalue weighted by atomic mass is 10.1. The molecule has 7 heteroatoms. The number of aromatic nitrogens is 3. The lowest BCUT2D eigenvalue weighted by Gasteiger charge is -2.02. The molecule has 0 atom stereocenters. The van der Waals surface area contributed by atoms with Crippen LogP contribution in [0, 0.1) is 6.92 Å². The summed E-state index contributed by atoms with van der Waals surface area (Å²) in [5.41, 5.74) is 2.61. The minimum atomic E-state index is -0.201. The summed E-state index contributed by atoms with van der Waals surface area (Å²) in [6.07, 6.45) is 5.30. The van der Waals surface area contributed by atoms with Crippen molar-refractivity contribution in [2.45, 2.75) is 6.92 Å². The number of carbonyl (C=O) groups is 1. The number of hydrogen-bond acceptors (Lipinski definition) is 3. The molecule has 2 N–H and O–H groups in total. The minimum Gasteiger partial charge on any atom is -0.335 e. The molecule has 0 saturated carbocycles. The number of nitrogens with one attached hydrogen (secondary N) is 2. The zero-order valence-electron chi connectivity index (χ0n) is 12.2. The SMILES string of the molecule is Cc1ncc2c(=O)n(-c3ccc(Cl)cc3)[nH]c2c1C=CNC=O. The molecule has 0 aliphatic carbocycles. The van der Waals surface area contributed by atoms with Gasteiger partial charge in [0.2, 0.25) is 6.41 Å². The maximum atomic E-state index is 12.6. The molecule has 0 bridgehead atoms. The van der Waals surface area contributed by atoms with Crippen LogP contribution in [0.15, 0.2) is 41.5 Å². The van der Waals surface area contributed by atoms with Gasteiger partial charge in [0, 0.05) is 28.7 Å². The topological polar surface area (TPSA) is 79.8 Å². The molecule has 0 spiro atoms. The number of aryl methyl sites for hydroxylation is 1. The molecule has 6 nitrogen and oxygen atoms in total. The fourth-order valence-electron chi connectivity index (χ4n) is 2.33. The fourth-order valence-corrected chi connectivity index (χ4v) is 2.46. The molecule has 1 amide bonds. The highest BCUT2D eigenvalue weighted by Crippen LogP contribution is 2.19. The van der Waals surface area contributed by atoms with Crippen molar-refractivity contribution in [2.75, 3.05) is 0 Å². The van der Waals surface area contributed by atoms with Crippen molar-refractivity contribution in [3.05, 3.63) is 63.3 Å². The molecular formula is C16H13ClN4O2. The van der Waals surface area contributed by atoms with Crippen molar-refractivity contribution in [1.29, 1.82) is 0 Å². The third-order valence-corrected chi connectivity index (χ3v) is 3.72. The predicted molar refractivity (Wildman–Crippen MR) is 89.7 cm³/mol. The van der Waals surface area contributed by atoms with Gasteiger partial charge in [0.1, 0.15) is 0 Å². The third-order valence-electron chi connectivity index (χ3n) is 3.47. The quantitative estimate of drug-likeness (QED) is 0.722. The molecule has 23 heavy (non-hydrogen) atoms. The molecule has 0 saturated heterocycles. The van der Waals surface area contributed by atoms with Gasteiger partial charge in [0.25, 0.3) is 5.56 Å². The van der Waals surface area contributed by atoms with Crippen molar-refractivity contribution in [2.24, 2.45) is 0 Å². The van der Waals surface area contributed by atoms with Crippen LogP contribution in [0.2, 0.25) is 5.02 Å². The number of benzene rings is 1. The molecular weight excluding hydrogens is 316 g/mol. The van der Waals surface area contributed by atoms with Crippen LogP contribution in [-0.4, -0.2) is 21.2 Å². The van der Waals surface area contributed by atoms with Crippen molar-refractivity contribution >= 4 is 35.0 Å². The molecule has 0 unspecified atom stereocenters. The number of H-pyrrole nitrogens is 1.